The average molecular weight is 278 g/mol. The fourth-order valence-electron chi connectivity index (χ4n) is 1.12. The molecule has 3 nitrogen and oxygen atoms in total. The van der Waals surface area contributed by atoms with E-state index in [0.29, 0.717) is 5.56 Å². The van der Waals surface area contributed by atoms with Crippen molar-refractivity contribution in [1.29, 1.82) is 0 Å². The first-order valence-corrected chi connectivity index (χ1v) is 5.35. The molecule has 1 aromatic rings. The van der Waals surface area contributed by atoms with Crippen LogP contribution in [0.5, 0.6) is 0 Å². The predicted molar refractivity (Wildman–Crippen MR) is 58.9 cm³/mol. The van der Waals surface area contributed by atoms with Crippen LogP contribution in [0.4, 0.5) is 4.39 Å². The SMILES string of the molecule is OCC(CO)NCc1cc(Br)ccc1F. The minimum Gasteiger partial charge on any atom is -0.395 e. The van der Waals surface area contributed by atoms with Crippen molar-refractivity contribution in [2.24, 2.45) is 0 Å². The zero-order valence-corrected chi connectivity index (χ0v) is 9.67. The molecule has 0 atom stereocenters. The summed E-state index contributed by atoms with van der Waals surface area (Å²) in [5.41, 5.74) is 0.497. The zero-order valence-electron chi connectivity index (χ0n) is 8.08. The summed E-state index contributed by atoms with van der Waals surface area (Å²) in [5, 5.41) is 20.4. The Labute approximate surface area is 96.1 Å². The molecule has 0 aliphatic rings. The molecule has 1 aromatic carbocycles. The lowest BCUT2D eigenvalue weighted by Gasteiger charge is -2.13. The van der Waals surface area contributed by atoms with Crippen LogP contribution in [0.15, 0.2) is 22.7 Å². The Morgan fingerprint density at radius 2 is 2.00 bits per heavy atom. The van der Waals surface area contributed by atoms with Gasteiger partial charge in [-0.1, -0.05) is 15.9 Å². The van der Waals surface area contributed by atoms with E-state index < -0.39 is 6.04 Å². The van der Waals surface area contributed by atoms with E-state index in [1.165, 1.54) is 6.07 Å². The van der Waals surface area contributed by atoms with Gasteiger partial charge >= 0.3 is 0 Å². The minimum atomic E-state index is -0.414. The normalized spacial score (nSPS) is 11.0. The third kappa shape index (κ3) is 3.87. The van der Waals surface area contributed by atoms with E-state index in [4.69, 9.17) is 10.2 Å². The molecule has 0 saturated heterocycles. The van der Waals surface area contributed by atoms with Gasteiger partial charge in [0.2, 0.25) is 0 Å². The second kappa shape index (κ2) is 6.17. The van der Waals surface area contributed by atoms with Crippen molar-refractivity contribution in [3.63, 3.8) is 0 Å². The fraction of sp³-hybridized carbons (Fsp3) is 0.400. The number of nitrogens with one attached hydrogen (secondary N) is 1. The van der Waals surface area contributed by atoms with Crippen molar-refractivity contribution >= 4 is 15.9 Å². The largest absolute Gasteiger partial charge is 0.395 e. The molecule has 0 radical (unpaired) electrons. The first-order valence-electron chi connectivity index (χ1n) is 4.56. The Morgan fingerprint density at radius 3 is 2.60 bits per heavy atom. The fourth-order valence-corrected chi connectivity index (χ4v) is 1.53. The van der Waals surface area contributed by atoms with E-state index >= 15 is 0 Å². The lowest BCUT2D eigenvalue weighted by atomic mass is 10.2. The zero-order chi connectivity index (χ0) is 11.3. The second-order valence-electron chi connectivity index (χ2n) is 3.18. The molecule has 0 amide bonds. The number of halogens is 2. The molecule has 0 spiro atoms. The lowest BCUT2D eigenvalue weighted by Crippen LogP contribution is -2.35. The molecule has 0 aromatic heterocycles. The van der Waals surface area contributed by atoms with Gasteiger partial charge in [0.05, 0.1) is 19.3 Å². The molecule has 0 bridgehead atoms. The van der Waals surface area contributed by atoms with Gasteiger partial charge in [0.1, 0.15) is 5.82 Å². The lowest BCUT2D eigenvalue weighted by molar-refractivity contribution is 0.170. The topological polar surface area (TPSA) is 52.5 Å². The summed E-state index contributed by atoms with van der Waals surface area (Å²) < 4.78 is 14.0. The summed E-state index contributed by atoms with van der Waals surface area (Å²) in [6.45, 7) is -0.0741. The molecule has 0 fully saturated rings. The highest BCUT2D eigenvalue weighted by molar-refractivity contribution is 9.10. The van der Waals surface area contributed by atoms with Gasteiger partial charge in [0.25, 0.3) is 0 Å². The second-order valence-corrected chi connectivity index (χ2v) is 4.09. The Hall–Kier alpha value is -0.490. The van der Waals surface area contributed by atoms with Gasteiger partial charge in [-0.05, 0) is 18.2 Å². The number of hydrogen-bond acceptors (Lipinski definition) is 3. The molecule has 84 valence electrons. The van der Waals surface area contributed by atoms with Crippen molar-refractivity contribution in [3.05, 3.63) is 34.1 Å². The van der Waals surface area contributed by atoms with Crippen LogP contribution < -0.4 is 5.32 Å². The highest BCUT2D eigenvalue weighted by Crippen LogP contribution is 2.15. The Morgan fingerprint density at radius 1 is 1.33 bits per heavy atom. The van der Waals surface area contributed by atoms with Crippen LogP contribution in [0.3, 0.4) is 0 Å². The predicted octanol–water partition coefficient (Wildman–Crippen LogP) is 1.03. The molecule has 1 rings (SSSR count). The van der Waals surface area contributed by atoms with Crippen LogP contribution in [0, 0.1) is 5.82 Å². The molecule has 0 unspecified atom stereocenters. The standard InChI is InChI=1S/C10H13BrFNO2/c11-8-1-2-10(12)7(3-8)4-13-9(5-14)6-15/h1-3,9,13-15H,4-6H2. The van der Waals surface area contributed by atoms with E-state index in [1.807, 2.05) is 0 Å². The van der Waals surface area contributed by atoms with E-state index in [9.17, 15) is 4.39 Å². The molecular formula is C10H13BrFNO2. The smallest absolute Gasteiger partial charge is 0.127 e. The van der Waals surface area contributed by atoms with Crippen molar-refractivity contribution in [1.82, 2.24) is 5.32 Å². The number of hydrogen-bond donors (Lipinski definition) is 3. The molecule has 5 heteroatoms. The van der Waals surface area contributed by atoms with E-state index in [1.54, 1.807) is 12.1 Å². The molecule has 0 aliphatic carbocycles. The summed E-state index contributed by atoms with van der Waals surface area (Å²) in [6.07, 6.45) is 0. The summed E-state index contributed by atoms with van der Waals surface area (Å²) in [7, 11) is 0. The molecule has 0 heterocycles. The van der Waals surface area contributed by atoms with Gasteiger partial charge in [0, 0.05) is 16.6 Å². The highest BCUT2D eigenvalue weighted by atomic mass is 79.9. The molecule has 0 aliphatic heterocycles. The van der Waals surface area contributed by atoms with Crippen LogP contribution in [-0.2, 0) is 6.54 Å². The maximum Gasteiger partial charge on any atom is 0.127 e. The Kier molecular flexibility index (Phi) is 5.17. The summed E-state index contributed by atoms with van der Waals surface area (Å²) in [5.74, 6) is -0.305. The maximum atomic E-state index is 13.2. The van der Waals surface area contributed by atoms with Gasteiger partial charge in [-0.2, -0.15) is 0 Å². The van der Waals surface area contributed by atoms with E-state index in [0.717, 1.165) is 4.47 Å². The number of aliphatic hydroxyl groups excluding tert-OH is 2. The van der Waals surface area contributed by atoms with Crippen molar-refractivity contribution in [2.75, 3.05) is 13.2 Å². The van der Waals surface area contributed by atoms with Crippen LogP contribution in [0.1, 0.15) is 5.56 Å². The first-order chi connectivity index (χ1) is 7.17. The first kappa shape index (κ1) is 12.6. The van der Waals surface area contributed by atoms with Crippen molar-refractivity contribution < 1.29 is 14.6 Å². The van der Waals surface area contributed by atoms with Crippen molar-refractivity contribution in [3.8, 4) is 0 Å². The van der Waals surface area contributed by atoms with Gasteiger partial charge in [0.15, 0.2) is 0 Å². The monoisotopic (exact) mass is 277 g/mol. The van der Waals surface area contributed by atoms with Gasteiger partial charge in [-0.3, -0.25) is 0 Å². The highest BCUT2D eigenvalue weighted by Gasteiger charge is 2.07. The number of rotatable bonds is 5. The molecular weight excluding hydrogens is 265 g/mol. The average Bonchev–Trinajstić information content (AvgIpc) is 2.24. The van der Waals surface area contributed by atoms with Gasteiger partial charge < -0.3 is 15.5 Å². The van der Waals surface area contributed by atoms with Crippen LogP contribution in [0.25, 0.3) is 0 Å². The molecule has 3 N–H and O–H groups in total. The van der Waals surface area contributed by atoms with Crippen LogP contribution in [-0.4, -0.2) is 29.5 Å². The summed E-state index contributed by atoms with van der Waals surface area (Å²) in [4.78, 5) is 0. The number of benzene rings is 1. The third-order valence-electron chi connectivity index (χ3n) is 2.03. The third-order valence-corrected chi connectivity index (χ3v) is 2.52. The van der Waals surface area contributed by atoms with Crippen LogP contribution >= 0.6 is 15.9 Å². The van der Waals surface area contributed by atoms with Crippen LogP contribution in [0.2, 0.25) is 0 Å². The quantitative estimate of drug-likeness (QED) is 0.754. The summed E-state index contributed by atoms with van der Waals surface area (Å²) in [6, 6.07) is 4.24. The number of aliphatic hydroxyl groups is 2. The molecule has 15 heavy (non-hydrogen) atoms. The minimum absolute atomic E-state index is 0.174. The maximum absolute atomic E-state index is 13.2. The van der Waals surface area contributed by atoms with Gasteiger partial charge in [-0.25, -0.2) is 4.39 Å². The van der Waals surface area contributed by atoms with E-state index in [-0.39, 0.29) is 25.6 Å². The molecule has 0 saturated carbocycles. The summed E-state index contributed by atoms with van der Waals surface area (Å²) >= 11 is 3.24. The Balaban J connectivity index is 2.60. The van der Waals surface area contributed by atoms with Gasteiger partial charge in [-0.15, -0.1) is 0 Å². The van der Waals surface area contributed by atoms with Crippen molar-refractivity contribution in [2.45, 2.75) is 12.6 Å². The Bertz CT molecular complexity index is 318. The van der Waals surface area contributed by atoms with E-state index in [2.05, 4.69) is 21.2 Å².